The summed E-state index contributed by atoms with van der Waals surface area (Å²) in [5.41, 5.74) is 0.470. The molecule has 0 amide bonds. The molecule has 0 atom stereocenters. The Bertz CT molecular complexity index is 337. The first-order valence-electron chi connectivity index (χ1n) is 4.39. The zero-order valence-electron chi connectivity index (χ0n) is 8.76. The monoisotopic (exact) mass is 199 g/mol. The molecular formula is C10H14FNO2. The number of aromatic carboxylic acids is 1. The van der Waals surface area contributed by atoms with Crippen LogP contribution in [0.3, 0.4) is 0 Å². The highest BCUT2D eigenvalue weighted by atomic mass is 19.1. The number of aromatic nitrogens is 1. The zero-order valence-corrected chi connectivity index (χ0v) is 8.76. The number of aryl methyl sites for hydroxylation is 1. The third-order valence-electron chi connectivity index (χ3n) is 1.72. The molecule has 0 unspecified atom stereocenters. The second kappa shape index (κ2) is 5.32. The van der Waals surface area contributed by atoms with Crippen molar-refractivity contribution in [2.75, 3.05) is 0 Å². The standard InChI is InChI=1S/C8H8FNO2.C2H6/c1-4-3-10-7(8(11)12)6(9)5(4)2;1-2/h3H,1-2H3,(H,11,12);1-2H3. The summed E-state index contributed by atoms with van der Waals surface area (Å²) in [6.45, 7) is 7.20. The number of hydrogen-bond donors (Lipinski definition) is 1. The molecule has 1 aromatic heterocycles. The minimum Gasteiger partial charge on any atom is -0.476 e. The number of rotatable bonds is 1. The first kappa shape index (κ1) is 12.6. The molecule has 1 aromatic rings. The van der Waals surface area contributed by atoms with Crippen LogP contribution >= 0.6 is 0 Å². The number of carbonyl (C=O) groups is 1. The van der Waals surface area contributed by atoms with Gasteiger partial charge >= 0.3 is 5.97 Å². The topological polar surface area (TPSA) is 50.2 Å². The molecule has 0 saturated heterocycles. The SMILES string of the molecule is CC.Cc1cnc(C(=O)O)c(F)c1C. The Hall–Kier alpha value is -1.45. The Morgan fingerprint density at radius 3 is 2.36 bits per heavy atom. The van der Waals surface area contributed by atoms with E-state index in [0.29, 0.717) is 11.1 Å². The van der Waals surface area contributed by atoms with E-state index in [0.717, 1.165) is 0 Å². The number of nitrogens with zero attached hydrogens (tertiary/aromatic N) is 1. The fraction of sp³-hybridized carbons (Fsp3) is 0.400. The summed E-state index contributed by atoms with van der Waals surface area (Å²) >= 11 is 0. The van der Waals surface area contributed by atoms with Gasteiger partial charge in [0.1, 0.15) is 0 Å². The molecule has 1 rings (SSSR count). The van der Waals surface area contributed by atoms with Crippen LogP contribution in [0.15, 0.2) is 6.20 Å². The highest BCUT2D eigenvalue weighted by molar-refractivity contribution is 5.85. The summed E-state index contributed by atoms with van der Waals surface area (Å²) in [5, 5.41) is 8.48. The van der Waals surface area contributed by atoms with Crippen LogP contribution in [0.2, 0.25) is 0 Å². The normalized spacial score (nSPS) is 8.93. The van der Waals surface area contributed by atoms with Crippen molar-refractivity contribution in [2.24, 2.45) is 0 Å². The molecule has 0 aliphatic rings. The molecule has 0 bridgehead atoms. The van der Waals surface area contributed by atoms with Crippen LogP contribution in [-0.2, 0) is 0 Å². The summed E-state index contributed by atoms with van der Waals surface area (Å²) in [6.07, 6.45) is 1.35. The van der Waals surface area contributed by atoms with Gasteiger partial charge in [0.15, 0.2) is 11.5 Å². The largest absolute Gasteiger partial charge is 0.476 e. The number of halogens is 1. The molecule has 0 fully saturated rings. The smallest absolute Gasteiger partial charge is 0.357 e. The molecule has 1 N–H and O–H groups in total. The lowest BCUT2D eigenvalue weighted by Crippen LogP contribution is -2.06. The van der Waals surface area contributed by atoms with Gasteiger partial charge in [-0.25, -0.2) is 14.2 Å². The van der Waals surface area contributed by atoms with Crippen LogP contribution in [0.5, 0.6) is 0 Å². The maximum absolute atomic E-state index is 13.1. The van der Waals surface area contributed by atoms with Crippen molar-refractivity contribution < 1.29 is 14.3 Å². The predicted octanol–water partition coefficient (Wildman–Crippen LogP) is 2.56. The van der Waals surface area contributed by atoms with Crippen molar-refractivity contribution in [1.29, 1.82) is 0 Å². The van der Waals surface area contributed by atoms with E-state index in [2.05, 4.69) is 4.98 Å². The zero-order chi connectivity index (χ0) is 11.3. The van der Waals surface area contributed by atoms with Gasteiger partial charge in [-0.15, -0.1) is 0 Å². The van der Waals surface area contributed by atoms with Crippen molar-refractivity contribution >= 4 is 5.97 Å². The fourth-order valence-corrected chi connectivity index (χ4v) is 0.815. The second-order valence-electron chi connectivity index (χ2n) is 2.53. The minimum absolute atomic E-state index is 0.336. The molecule has 78 valence electrons. The molecule has 3 nitrogen and oxygen atoms in total. The van der Waals surface area contributed by atoms with Gasteiger partial charge in [-0.1, -0.05) is 13.8 Å². The minimum atomic E-state index is -1.34. The predicted molar refractivity (Wildman–Crippen MR) is 52.0 cm³/mol. The van der Waals surface area contributed by atoms with Crippen LogP contribution in [-0.4, -0.2) is 16.1 Å². The van der Waals surface area contributed by atoms with Crippen molar-refractivity contribution in [3.63, 3.8) is 0 Å². The van der Waals surface area contributed by atoms with E-state index in [1.54, 1.807) is 6.92 Å². The van der Waals surface area contributed by atoms with Crippen LogP contribution in [0.25, 0.3) is 0 Å². The summed E-state index contributed by atoms with van der Waals surface area (Å²) in [4.78, 5) is 13.8. The van der Waals surface area contributed by atoms with Crippen molar-refractivity contribution in [1.82, 2.24) is 4.98 Å². The first-order valence-corrected chi connectivity index (χ1v) is 4.39. The van der Waals surface area contributed by atoms with E-state index in [1.807, 2.05) is 13.8 Å². The summed E-state index contributed by atoms with van der Waals surface area (Å²) in [7, 11) is 0. The van der Waals surface area contributed by atoms with Gasteiger partial charge in [0.05, 0.1) is 0 Å². The van der Waals surface area contributed by atoms with E-state index in [1.165, 1.54) is 13.1 Å². The van der Waals surface area contributed by atoms with Crippen molar-refractivity contribution in [3.8, 4) is 0 Å². The Morgan fingerprint density at radius 2 is 1.93 bits per heavy atom. The van der Waals surface area contributed by atoms with Crippen LogP contribution < -0.4 is 0 Å². The van der Waals surface area contributed by atoms with Gasteiger partial charge < -0.3 is 5.11 Å². The second-order valence-corrected chi connectivity index (χ2v) is 2.53. The average molecular weight is 199 g/mol. The number of hydrogen-bond acceptors (Lipinski definition) is 2. The van der Waals surface area contributed by atoms with Crippen LogP contribution in [0, 0.1) is 19.7 Å². The quantitative estimate of drug-likeness (QED) is 0.756. The van der Waals surface area contributed by atoms with Crippen LogP contribution in [0.1, 0.15) is 35.5 Å². The Balaban J connectivity index is 0.000000791. The molecule has 14 heavy (non-hydrogen) atoms. The molecule has 4 heteroatoms. The Labute approximate surface area is 82.6 Å². The molecule has 1 heterocycles. The molecule has 0 spiro atoms. The lowest BCUT2D eigenvalue weighted by atomic mass is 10.1. The molecule has 0 aliphatic carbocycles. The summed E-state index contributed by atoms with van der Waals surface area (Å²) in [5.74, 6) is -2.09. The van der Waals surface area contributed by atoms with Crippen molar-refractivity contribution in [2.45, 2.75) is 27.7 Å². The van der Waals surface area contributed by atoms with E-state index in [-0.39, 0.29) is 0 Å². The van der Waals surface area contributed by atoms with Gasteiger partial charge in [-0.3, -0.25) is 0 Å². The number of carboxylic acid groups (broad SMARTS) is 1. The van der Waals surface area contributed by atoms with Gasteiger partial charge in [0, 0.05) is 6.20 Å². The molecule has 0 radical (unpaired) electrons. The average Bonchev–Trinajstić information content (AvgIpc) is 2.17. The summed E-state index contributed by atoms with van der Waals surface area (Å²) in [6, 6.07) is 0. The third kappa shape index (κ3) is 2.52. The van der Waals surface area contributed by atoms with E-state index in [4.69, 9.17) is 5.11 Å². The fourth-order valence-electron chi connectivity index (χ4n) is 0.815. The van der Waals surface area contributed by atoms with Crippen molar-refractivity contribution in [3.05, 3.63) is 28.8 Å². The van der Waals surface area contributed by atoms with Crippen LogP contribution in [0.4, 0.5) is 4.39 Å². The molecule has 0 aromatic carbocycles. The maximum atomic E-state index is 13.1. The third-order valence-corrected chi connectivity index (χ3v) is 1.72. The van der Waals surface area contributed by atoms with E-state index >= 15 is 0 Å². The van der Waals surface area contributed by atoms with Gasteiger partial charge in [0.2, 0.25) is 0 Å². The molecular weight excluding hydrogens is 185 g/mol. The lowest BCUT2D eigenvalue weighted by Gasteiger charge is -2.02. The maximum Gasteiger partial charge on any atom is 0.357 e. The molecule has 0 aliphatic heterocycles. The number of pyridine rings is 1. The summed E-state index contributed by atoms with van der Waals surface area (Å²) < 4.78 is 13.1. The highest BCUT2D eigenvalue weighted by Gasteiger charge is 2.14. The lowest BCUT2D eigenvalue weighted by molar-refractivity contribution is 0.0684. The van der Waals surface area contributed by atoms with Gasteiger partial charge in [-0.05, 0) is 25.0 Å². The Kier molecular flexibility index (Phi) is 4.77. The number of carboxylic acids is 1. The first-order chi connectivity index (χ1) is 6.54. The van der Waals surface area contributed by atoms with Gasteiger partial charge in [0.25, 0.3) is 0 Å². The van der Waals surface area contributed by atoms with Gasteiger partial charge in [-0.2, -0.15) is 0 Å². The highest BCUT2D eigenvalue weighted by Crippen LogP contribution is 2.13. The molecule has 0 saturated carbocycles. The Morgan fingerprint density at radius 1 is 1.43 bits per heavy atom. The van der Waals surface area contributed by atoms with E-state index in [9.17, 15) is 9.18 Å². The van der Waals surface area contributed by atoms with E-state index < -0.39 is 17.5 Å².